The monoisotopic (exact) mass is 519 g/mol. The van der Waals surface area contributed by atoms with Crippen LogP contribution >= 0.6 is 34.8 Å². The molecule has 0 aliphatic heterocycles. The molecule has 0 aliphatic carbocycles. The van der Waals surface area contributed by atoms with Crippen LogP contribution in [0.5, 0.6) is 5.75 Å². The number of nitrogens with one attached hydrogen (secondary N) is 2. The minimum absolute atomic E-state index is 0.0820. The largest absolute Gasteiger partial charge is 0.496 e. The minimum atomic E-state index is -0.723. The molecular weight excluding hydrogens is 505 g/mol. The van der Waals surface area contributed by atoms with Crippen molar-refractivity contribution in [3.05, 3.63) is 103 Å². The molecule has 0 aromatic heterocycles. The second-order valence-corrected chi connectivity index (χ2v) is 8.13. The molecule has 3 aromatic rings. The highest BCUT2D eigenvalue weighted by Gasteiger charge is 2.19. The Balaban J connectivity index is 2.00. The van der Waals surface area contributed by atoms with Crippen LogP contribution in [0, 0.1) is 10.1 Å². The number of nitro benzene ring substituents is 1. The van der Waals surface area contributed by atoms with E-state index in [-0.39, 0.29) is 33.4 Å². The van der Waals surface area contributed by atoms with E-state index < -0.39 is 16.7 Å². The van der Waals surface area contributed by atoms with Gasteiger partial charge < -0.3 is 15.4 Å². The average molecular weight is 521 g/mol. The number of nitrogens with zero attached hydrogens (tertiary/aromatic N) is 1. The molecule has 0 heterocycles. The van der Waals surface area contributed by atoms with Crippen molar-refractivity contribution in [3.63, 3.8) is 0 Å². The SMILES string of the molecule is COc1ccc(Cl)cc1C(=O)N/C(=C\c1cccc([N+](=O)[O-])c1)C(=O)Nc1cc(Cl)cc(Cl)c1. The van der Waals surface area contributed by atoms with Gasteiger partial charge in [0, 0.05) is 32.9 Å². The molecule has 0 atom stereocenters. The number of rotatable bonds is 7. The summed E-state index contributed by atoms with van der Waals surface area (Å²) in [5.41, 5.74) is 0.281. The third-order valence-corrected chi connectivity index (χ3v) is 5.08. The Morgan fingerprint density at radius 1 is 0.971 bits per heavy atom. The first-order chi connectivity index (χ1) is 16.2. The summed E-state index contributed by atoms with van der Waals surface area (Å²) in [6.45, 7) is 0. The van der Waals surface area contributed by atoms with Crippen LogP contribution in [-0.2, 0) is 4.79 Å². The fourth-order valence-electron chi connectivity index (χ4n) is 2.92. The predicted octanol–water partition coefficient (Wildman–Crippen LogP) is 5.97. The molecule has 0 radical (unpaired) electrons. The third-order valence-electron chi connectivity index (χ3n) is 4.41. The Kier molecular flexibility index (Phi) is 8.12. The number of anilines is 1. The van der Waals surface area contributed by atoms with Gasteiger partial charge >= 0.3 is 0 Å². The number of hydrogen-bond donors (Lipinski definition) is 2. The maximum Gasteiger partial charge on any atom is 0.272 e. The van der Waals surface area contributed by atoms with E-state index in [1.165, 1.54) is 61.7 Å². The van der Waals surface area contributed by atoms with Crippen molar-refractivity contribution in [1.82, 2.24) is 5.32 Å². The van der Waals surface area contributed by atoms with Gasteiger partial charge in [-0.25, -0.2) is 0 Å². The van der Waals surface area contributed by atoms with Gasteiger partial charge in [0.1, 0.15) is 11.4 Å². The molecule has 0 bridgehead atoms. The summed E-state index contributed by atoms with van der Waals surface area (Å²) in [4.78, 5) is 36.6. The molecule has 11 heteroatoms. The van der Waals surface area contributed by atoms with Crippen LogP contribution in [0.2, 0.25) is 15.1 Å². The first-order valence-electron chi connectivity index (χ1n) is 9.55. The van der Waals surface area contributed by atoms with E-state index in [2.05, 4.69) is 10.6 Å². The van der Waals surface area contributed by atoms with Crippen LogP contribution in [0.1, 0.15) is 15.9 Å². The third kappa shape index (κ3) is 6.48. The number of nitro groups is 1. The summed E-state index contributed by atoms with van der Waals surface area (Å²) in [5.74, 6) is -1.17. The van der Waals surface area contributed by atoms with Gasteiger partial charge in [-0.2, -0.15) is 0 Å². The summed E-state index contributed by atoms with van der Waals surface area (Å²) in [6, 6.07) is 14.4. The lowest BCUT2D eigenvalue weighted by molar-refractivity contribution is -0.384. The van der Waals surface area contributed by atoms with Gasteiger partial charge in [-0.1, -0.05) is 46.9 Å². The van der Waals surface area contributed by atoms with Crippen LogP contribution in [0.4, 0.5) is 11.4 Å². The van der Waals surface area contributed by atoms with Gasteiger partial charge in [0.15, 0.2) is 0 Å². The Labute approximate surface area is 209 Å². The number of hydrogen-bond acceptors (Lipinski definition) is 5. The van der Waals surface area contributed by atoms with E-state index in [4.69, 9.17) is 39.5 Å². The Morgan fingerprint density at radius 2 is 1.68 bits per heavy atom. The molecule has 3 rings (SSSR count). The first kappa shape index (κ1) is 25.0. The Hall–Kier alpha value is -3.59. The van der Waals surface area contributed by atoms with Crippen LogP contribution in [0.3, 0.4) is 0 Å². The molecule has 3 aromatic carbocycles. The zero-order valence-corrected chi connectivity index (χ0v) is 19.7. The zero-order chi connectivity index (χ0) is 24.8. The maximum absolute atomic E-state index is 13.1. The molecule has 2 N–H and O–H groups in total. The van der Waals surface area contributed by atoms with Crippen molar-refractivity contribution in [2.45, 2.75) is 0 Å². The molecule has 0 aliphatic rings. The average Bonchev–Trinajstić information content (AvgIpc) is 2.78. The van der Waals surface area contributed by atoms with E-state index >= 15 is 0 Å². The van der Waals surface area contributed by atoms with Crippen molar-refractivity contribution in [3.8, 4) is 5.75 Å². The molecule has 0 saturated heterocycles. The predicted molar refractivity (Wildman–Crippen MR) is 132 cm³/mol. The van der Waals surface area contributed by atoms with Crippen LogP contribution in [0.15, 0.2) is 66.4 Å². The standard InChI is InChI=1S/C23H16Cl3N3O5/c1-34-21-6-5-14(24)12-19(21)22(30)28-20(8-13-3-2-4-18(7-13)29(32)33)23(31)27-17-10-15(25)9-16(26)11-17/h2-12H,1H3,(H,27,31)(H,28,30)/b20-8-. The highest BCUT2D eigenvalue weighted by atomic mass is 35.5. The number of methoxy groups -OCH3 is 1. The fraction of sp³-hybridized carbons (Fsp3) is 0.0435. The van der Waals surface area contributed by atoms with E-state index in [0.29, 0.717) is 15.6 Å². The summed E-state index contributed by atoms with van der Waals surface area (Å²) in [7, 11) is 1.38. The normalized spacial score (nSPS) is 11.0. The summed E-state index contributed by atoms with van der Waals surface area (Å²) >= 11 is 18.0. The first-order valence-corrected chi connectivity index (χ1v) is 10.7. The molecular formula is C23H16Cl3N3O5. The van der Waals surface area contributed by atoms with Crippen molar-refractivity contribution in [2.24, 2.45) is 0 Å². The fourth-order valence-corrected chi connectivity index (χ4v) is 3.62. The van der Waals surface area contributed by atoms with Gasteiger partial charge in [0.2, 0.25) is 0 Å². The Bertz CT molecular complexity index is 1290. The Morgan fingerprint density at radius 3 is 2.32 bits per heavy atom. The number of non-ortho nitro benzene ring substituents is 1. The summed E-state index contributed by atoms with van der Waals surface area (Å²) < 4.78 is 5.20. The lowest BCUT2D eigenvalue weighted by Crippen LogP contribution is -2.31. The number of benzene rings is 3. The smallest absolute Gasteiger partial charge is 0.272 e. The van der Waals surface area contributed by atoms with Crippen molar-refractivity contribution in [1.29, 1.82) is 0 Å². The molecule has 0 unspecified atom stereocenters. The second kappa shape index (κ2) is 11.0. The van der Waals surface area contributed by atoms with Crippen LogP contribution in [0.25, 0.3) is 6.08 Å². The van der Waals surface area contributed by atoms with Gasteiger partial charge in [0.05, 0.1) is 17.6 Å². The number of carbonyl (C=O) groups is 2. The minimum Gasteiger partial charge on any atom is -0.496 e. The van der Waals surface area contributed by atoms with Crippen LogP contribution in [-0.4, -0.2) is 23.8 Å². The van der Waals surface area contributed by atoms with Gasteiger partial charge in [-0.15, -0.1) is 0 Å². The topological polar surface area (TPSA) is 111 Å². The zero-order valence-electron chi connectivity index (χ0n) is 17.5. The second-order valence-electron chi connectivity index (χ2n) is 6.82. The number of amides is 2. The molecule has 0 saturated carbocycles. The summed E-state index contributed by atoms with van der Waals surface area (Å²) in [5, 5.41) is 17.1. The molecule has 2 amide bonds. The molecule has 8 nitrogen and oxygen atoms in total. The van der Waals surface area contributed by atoms with Crippen molar-refractivity contribution in [2.75, 3.05) is 12.4 Å². The van der Waals surface area contributed by atoms with Crippen molar-refractivity contribution < 1.29 is 19.2 Å². The van der Waals surface area contributed by atoms with E-state index in [9.17, 15) is 19.7 Å². The van der Waals surface area contributed by atoms with Gasteiger partial charge in [0.25, 0.3) is 17.5 Å². The van der Waals surface area contributed by atoms with Crippen LogP contribution < -0.4 is 15.4 Å². The number of halogens is 3. The quantitative estimate of drug-likeness (QED) is 0.226. The highest BCUT2D eigenvalue weighted by Crippen LogP contribution is 2.25. The van der Waals surface area contributed by atoms with Gasteiger partial charge in [-0.05, 0) is 48.0 Å². The van der Waals surface area contributed by atoms with Gasteiger partial charge in [-0.3, -0.25) is 19.7 Å². The number of carbonyl (C=O) groups excluding carboxylic acids is 2. The lowest BCUT2D eigenvalue weighted by Gasteiger charge is -2.13. The molecule has 174 valence electrons. The van der Waals surface area contributed by atoms with E-state index in [1.807, 2.05) is 0 Å². The van der Waals surface area contributed by atoms with Crippen molar-refractivity contribution >= 4 is 64.1 Å². The number of ether oxygens (including phenoxy) is 1. The molecule has 0 fully saturated rings. The summed E-state index contributed by atoms with van der Waals surface area (Å²) in [6.07, 6.45) is 1.30. The maximum atomic E-state index is 13.1. The lowest BCUT2D eigenvalue weighted by atomic mass is 10.1. The molecule has 0 spiro atoms. The van der Waals surface area contributed by atoms with E-state index in [0.717, 1.165) is 0 Å². The molecule has 34 heavy (non-hydrogen) atoms. The highest BCUT2D eigenvalue weighted by molar-refractivity contribution is 6.35. The van der Waals surface area contributed by atoms with E-state index in [1.54, 1.807) is 12.1 Å².